The Morgan fingerprint density at radius 2 is 2.19 bits per heavy atom. The van der Waals surface area contributed by atoms with Gasteiger partial charge in [0.1, 0.15) is 11.6 Å². The molecule has 0 fully saturated rings. The monoisotopic (exact) mass is 433 g/mol. The van der Waals surface area contributed by atoms with Gasteiger partial charge in [0.15, 0.2) is 5.16 Å². The predicted molar refractivity (Wildman–Crippen MR) is 88.3 cm³/mol. The van der Waals surface area contributed by atoms with E-state index in [1.807, 2.05) is 0 Å². The summed E-state index contributed by atoms with van der Waals surface area (Å²) >= 11 is 7.65. The SMILES string of the molecule is Nc1cc(=O)[nH]c(SCC(=O)Nc2ncc(Br)cc2Br)n1. The highest BCUT2D eigenvalue weighted by atomic mass is 79.9. The topological polar surface area (TPSA) is 114 Å². The molecule has 0 radical (unpaired) electrons. The lowest BCUT2D eigenvalue weighted by Crippen LogP contribution is -2.16. The molecular weight excluding hydrogens is 426 g/mol. The van der Waals surface area contributed by atoms with Gasteiger partial charge >= 0.3 is 0 Å². The Morgan fingerprint density at radius 1 is 1.43 bits per heavy atom. The Balaban J connectivity index is 1.97. The number of thioether (sulfide) groups is 1. The van der Waals surface area contributed by atoms with Crippen LogP contribution in [0.3, 0.4) is 0 Å². The highest BCUT2D eigenvalue weighted by Gasteiger charge is 2.09. The Morgan fingerprint density at radius 3 is 2.86 bits per heavy atom. The zero-order valence-electron chi connectivity index (χ0n) is 10.4. The summed E-state index contributed by atoms with van der Waals surface area (Å²) in [7, 11) is 0. The Labute approximate surface area is 140 Å². The van der Waals surface area contributed by atoms with Crippen LogP contribution in [0.25, 0.3) is 0 Å². The summed E-state index contributed by atoms with van der Waals surface area (Å²) in [4.78, 5) is 33.5. The van der Waals surface area contributed by atoms with Gasteiger partial charge in [-0.05, 0) is 37.9 Å². The number of H-pyrrole nitrogens is 1. The minimum absolute atomic E-state index is 0.0660. The number of nitrogens with one attached hydrogen (secondary N) is 2. The highest BCUT2D eigenvalue weighted by Crippen LogP contribution is 2.23. The van der Waals surface area contributed by atoms with Crippen molar-refractivity contribution < 1.29 is 4.79 Å². The third-order valence-corrected chi connectivity index (χ3v) is 4.06. The Kier molecular flexibility index (Phi) is 5.37. The number of halogens is 2. The lowest BCUT2D eigenvalue weighted by atomic mass is 10.4. The number of amides is 1. The highest BCUT2D eigenvalue weighted by molar-refractivity contribution is 9.11. The molecule has 2 rings (SSSR count). The van der Waals surface area contributed by atoms with E-state index in [1.54, 1.807) is 12.3 Å². The van der Waals surface area contributed by atoms with Gasteiger partial charge in [0.05, 0.1) is 10.2 Å². The van der Waals surface area contributed by atoms with E-state index in [0.717, 1.165) is 16.2 Å². The minimum atomic E-state index is -0.359. The molecular formula is C11H9Br2N5O2S. The Bertz CT molecular complexity index is 737. The molecule has 0 saturated carbocycles. The summed E-state index contributed by atoms with van der Waals surface area (Å²) in [6.07, 6.45) is 1.57. The number of anilines is 2. The number of nitrogens with two attached hydrogens (primary N) is 1. The van der Waals surface area contributed by atoms with E-state index in [4.69, 9.17) is 5.73 Å². The molecule has 0 unspecified atom stereocenters. The smallest absolute Gasteiger partial charge is 0.253 e. The van der Waals surface area contributed by atoms with Crippen molar-refractivity contribution in [1.82, 2.24) is 15.0 Å². The standard InChI is InChI=1S/C11H9Br2N5O2S/c12-5-1-6(13)10(15-3-5)17-9(20)4-21-11-16-7(14)2-8(19)18-11/h1-3H,4H2,(H,15,17,20)(H3,14,16,18,19). The summed E-state index contributed by atoms with van der Waals surface area (Å²) in [6, 6.07) is 2.94. The number of hydrogen-bond acceptors (Lipinski definition) is 6. The molecule has 110 valence electrons. The lowest BCUT2D eigenvalue weighted by Gasteiger charge is -2.06. The minimum Gasteiger partial charge on any atom is -0.383 e. The van der Waals surface area contributed by atoms with Gasteiger partial charge < -0.3 is 16.0 Å². The van der Waals surface area contributed by atoms with E-state index in [0.29, 0.717) is 10.3 Å². The molecule has 0 saturated heterocycles. The van der Waals surface area contributed by atoms with Gasteiger partial charge in [0.25, 0.3) is 5.56 Å². The predicted octanol–water partition coefficient (Wildman–Crippen LogP) is 2.00. The summed E-state index contributed by atoms with van der Waals surface area (Å²) in [5.41, 5.74) is 5.10. The molecule has 4 N–H and O–H groups in total. The van der Waals surface area contributed by atoms with Crippen molar-refractivity contribution >= 4 is 61.2 Å². The first-order valence-corrected chi connectivity index (χ1v) is 8.12. The molecule has 1 amide bonds. The van der Waals surface area contributed by atoms with Crippen LogP contribution in [-0.2, 0) is 4.79 Å². The summed E-state index contributed by atoms with van der Waals surface area (Å²) < 4.78 is 1.45. The molecule has 0 aliphatic carbocycles. The number of hydrogen-bond donors (Lipinski definition) is 3. The van der Waals surface area contributed by atoms with E-state index < -0.39 is 0 Å². The second-order valence-corrected chi connectivity index (χ2v) is 6.53. The second kappa shape index (κ2) is 7.05. The molecule has 0 atom stereocenters. The molecule has 0 aliphatic rings. The molecule has 2 aromatic heterocycles. The summed E-state index contributed by atoms with van der Waals surface area (Å²) in [6.45, 7) is 0. The number of nitrogens with zero attached hydrogens (tertiary/aromatic N) is 2. The number of aromatic nitrogens is 3. The van der Waals surface area contributed by atoms with Crippen molar-refractivity contribution in [3.63, 3.8) is 0 Å². The zero-order valence-corrected chi connectivity index (χ0v) is 14.4. The molecule has 7 nitrogen and oxygen atoms in total. The van der Waals surface area contributed by atoms with Crippen molar-refractivity contribution in [3.8, 4) is 0 Å². The van der Waals surface area contributed by atoms with Crippen LogP contribution in [0.4, 0.5) is 11.6 Å². The molecule has 0 aliphatic heterocycles. The molecule has 0 bridgehead atoms. The van der Waals surface area contributed by atoms with Crippen molar-refractivity contribution in [1.29, 1.82) is 0 Å². The van der Waals surface area contributed by atoms with Crippen LogP contribution in [-0.4, -0.2) is 26.6 Å². The fourth-order valence-electron chi connectivity index (χ4n) is 1.33. The van der Waals surface area contributed by atoms with Gasteiger partial charge in [0.2, 0.25) is 5.91 Å². The normalized spacial score (nSPS) is 10.4. The number of carbonyl (C=O) groups is 1. The van der Waals surface area contributed by atoms with E-state index in [-0.39, 0.29) is 28.2 Å². The maximum Gasteiger partial charge on any atom is 0.253 e. The quantitative estimate of drug-likeness (QED) is 0.500. The van der Waals surface area contributed by atoms with Crippen LogP contribution in [0, 0.1) is 0 Å². The van der Waals surface area contributed by atoms with Gasteiger partial charge in [-0.2, -0.15) is 0 Å². The Hall–Kier alpha value is -1.39. The number of carbonyl (C=O) groups excluding carboxylic acids is 1. The summed E-state index contributed by atoms with van der Waals surface area (Å²) in [5.74, 6) is 0.314. The van der Waals surface area contributed by atoms with Crippen LogP contribution in [0.2, 0.25) is 0 Å². The molecule has 10 heteroatoms. The van der Waals surface area contributed by atoms with Crippen molar-refractivity contribution in [2.45, 2.75) is 5.16 Å². The first kappa shape index (κ1) is 16.0. The van der Waals surface area contributed by atoms with E-state index >= 15 is 0 Å². The van der Waals surface area contributed by atoms with E-state index in [2.05, 4.69) is 52.1 Å². The molecule has 0 aromatic carbocycles. The zero-order chi connectivity index (χ0) is 15.4. The number of rotatable bonds is 4. The number of pyridine rings is 1. The molecule has 0 spiro atoms. The third-order valence-electron chi connectivity index (χ3n) is 2.15. The van der Waals surface area contributed by atoms with Crippen molar-refractivity contribution in [3.05, 3.63) is 37.6 Å². The van der Waals surface area contributed by atoms with Crippen LogP contribution < -0.4 is 16.6 Å². The average Bonchev–Trinajstić information content (AvgIpc) is 2.39. The second-order valence-electron chi connectivity index (χ2n) is 3.80. The largest absolute Gasteiger partial charge is 0.383 e. The van der Waals surface area contributed by atoms with Gasteiger partial charge in [-0.15, -0.1) is 0 Å². The van der Waals surface area contributed by atoms with E-state index in [9.17, 15) is 9.59 Å². The number of aromatic amines is 1. The van der Waals surface area contributed by atoms with Crippen LogP contribution in [0.1, 0.15) is 0 Å². The van der Waals surface area contributed by atoms with Gasteiger partial charge in [-0.3, -0.25) is 9.59 Å². The van der Waals surface area contributed by atoms with Crippen LogP contribution >= 0.6 is 43.6 Å². The van der Waals surface area contributed by atoms with Crippen LogP contribution in [0.15, 0.2) is 37.2 Å². The number of nitrogen functional groups attached to an aromatic ring is 1. The first-order chi connectivity index (χ1) is 9.94. The average molecular weight is 435 g/mol. The molecule has 2 heterocycles. The maximum absolute atomic E-state index is 11.8. The van der Waals surface area contributed by atoms with Gasteiger partial charge in [-0.1, -0.05) is 11.8 Å². The van der Waals surface area contributed by atoms with Crippen LogP contribution in [0.5, 0.6) is 0 Å². The van der Waals surface area contributed by atoms with Gasteiger partial charge in [-0.25, -0.2) is 9.97 Å². The third kappa shape index (κ3) is 4.83. The summed E-state index contributed by atoms with van der Waals surface area (Å²) in [5, 5.41) is 2.94. The lowest BCUT2D eigenvalue weighted by molar-refractivity contribution is -0.113. The maximum atomic E-state index is 11.8. The van der Waals surface area contributed by atoms with Gasteiger partial charge in [0, 0.05) is 16.7 Å². The van der Waals surface area contributed by atoms with Crippen molar-refractivity contribution in [2.75, 3.05) is 16.8 Å². The fourth-order valence-corrected chi connectivity index (χ4v) is 3.10. The molecule has 21 heavy (non-hydrogen) atoms. The first-order valence-electron chi connectivity index (χ1n) is 5.54. The van der Waals surface area contributed by atoms with Crippen molar-refractivity contribution in [2.24, 2.45) is 0 Å². The van der Waals surface area contributed by atoms with E-state index in [1.165, 1.54) is 6.07 Å². The molecule has 2 aromatic rings. The fraction of sp³-hybridized carbons (Fsp3) is 0.0909.